The number of aromatic nitrogens is 2. The maximum Gasteiger partial charge on any atom is 0.0695 e. The summed E-state index contributed by atoms with van der Waals surface area (Å²) in [5, 5.41) is 11.1. The molecule has 0 atom stereocenters. The fraction of sp³-hybridized carbons (Fsp3) is 0.250. The molecule has 1 aromatic heterocycles. The summed E-state index contributed by atoms with van der Waals surface area (Å²) in [7, 11) is 0. The second kappa shape index (κ2) is 5.14. The Morgan fingerprint density at radius 3 is 2.75 bits per heavy atom. The molecule has 0 unspecified atom stereocenters. The number of nitrogens with zero attached hydrogens (tertiary/aromatic N) is 1. The van der Waals surface area contributed by atoms with Crippen molar-refractivity contribution >= 4 is 11.6 Å². The molecule has 0 saturated carbocycles. The van der Waals surface area contributed by atoms with Crippen LogP contribution in [0.25, 0.3) is 11.3 Å². The lowest BCUT2D eigenvalue weighted by molar-refractivity contribution is 0.728. The Hall–Kier alpha value is -1.32. The van der Waals surface area contributed by atoms with E-state index < -0.39 is 0 Å². The highest BCUT2D eigenvalue weighted by atomic mass is 35.5. The minimum atomic E-state index is 0.747. The van der Waals surface area contributed by atoms with Crippen molar-refractivity contribution in [1.82, 2.24) is 15.5 Å². The molecule has 0 radical (unpaired) electrons. The van der Waals surface area contributed by atoms with Crippen LogP contribution >= 0.6 is 11.6 Å². The second-order valence-electron chi connectivity index (χ2n) is 3.56. The van der Waals surface area contributed by atoms with Crippen LogP contribution in [0, 0.1) is 0 Å². The van der Waals surface area contributed by atoms with Crippen LogP contribution in [0.2, 0.25) is 5.02 Å². The van der Waals surface area contributed by atoms with Gasteiger partial charge in [0.05, 0.1) is 11.9 Å². The summed E-state index contributed by atoms with van der Waals surface area (Å²) in [5.41, 5.74) is 3.33. The SMILES string of the molecule is CCNCc1cn[nH]c1-c1ccc(Cl)cc1. The Kier molecular flexibility index (Phi) is 3.59. The first-order valence-corrected chi connectivity index (χ1v) is 5.68. The van der Waals surface area contributed by atoms with Crippen LogP contribution in [-0.2, 0) is 6.54 Å². The number of nitrogens with one attached hydrogen (secondary N) is 2. The van der Waals surface area contributed by atoms with Gasteiger partial charge in [0.15, 0.2) is 0 Å². The van der Waals surface area contributed by atoms with Crippen molar-refractivity contribution in [3.8, 4) is 11.3 Å². The van der Waals surface area contributed by atoms with E-state index in [1.165, 1.54) is 5.56 Å². The molecule has 2 N–H and O–H groups in total. The predicted octanol–water partition coefficient (Wildman–Crippen LogP) is 2.84. The number of rotatable bonds is 4. The molecule has 0 bridgehead atoms. The number of aromatic amines is 1. The van der Waals surface area contributed by atoms with Gasteiger partial charge in [-0.1, -0.05) is 30.7 Å². The van der Waals surface area contributed by atoms with E-state index in [1.807, 2.05) is 30.5 Å². The fourth-order valence-corrected chi connectivity index (χ4v) is 1.70. The van der Waals surface area contributed by atoms with Crippen molar-refractivity contribution in [1.29, 1.82) is 0 Å². The Bertz CT molecular complexity index is 448. The molecule has 4 heteroatoms. The van der Waals surface area contributed by atoms with Crippen molar-refractivity contribution in [2.75, 3.05) is 6.54 Å². The van der Waals surface area contributed by atoms with Gasteiger partial charge in [-0.2, -0.15) is 5.10 Å². The van der Waals surface area contributed by atoms with Crippen LogP contribution in [0.15, 0.2) is 30.5 Å². The third kappa shape index (κ3) is 2.43. The van der Waals surface area contributed by atoms with Gasteiger partial charge in [0.2, 0.25) is 0 Å². The lowest BCUT2D eigenvalue weighted by Gasteiger charge is -2.03. The predicted molar refractivity (Wildman–Crippen MR) is 66.4 cm³/mol. The van der Waals surface area contributed by atoms with Crippen LogP contribution < -0.4 is 5.32 Å². The normalized spacial score (nSPS) is 10.6. The first kappa shape index (κ1) is 11.2. The van der Waals surface area contributed by atoms with Crippen molar-refractivity contribution < 1.29 is 0 Å². The molecule has 2 rings (SSSR count). The quantitative estimate of drug-likeness (QED) is 0.856. The maximum atomic E-state index is 5.86. The third-order valence-corrected chi connectivity index (χ3v) is 2.67. The summed E-state index contributed by atoms with van der Waals surface area (Å²) in [4.78, 5) is 0. The van der Waals surface area contributed by atoms with E-state index in [-0.39, 0.29) is 0 Å². The van der Waals surface area contributed by atoms with Crippen LogP contribution in [0.3, 0.4) is 0 Å². The molecule has 0 aliphatic heterocycles. The zero-order valence-electron chi connectivity index (χ0n) is 9.13. The molecule has 0 amide bonds. The monoisotopic (exact) mass is 235 g/mol. The summed E-state index contributed by atoms with van der Waals surface area (Å²) in [6, 6.07) is 7.75. The lowest BCUT2D eigenvalue weighted by atomic mass is 10.1. The number of H-pyrrole nitrogens is 1. The van der Waals surface area contributed by atoms with Gasteiger partial charge in [-0.15, -0.1) is 0 Å². The molecule has 2 aromatic rings. The van der Waals surface area contributed by atoms with Gasteiger partial charge in [0.1, 0.15) is 0 Å². The molecule has 0 fully saturated rings. The number of benzene rings is 1. The van der Waals surface area contributed by atoms with E-state index in [4.69, 9.17) is 11.6 Å². The van der Waals surface area contributed by atoms with Gasteiger partial charge in [0, 0.05) is 17.1 Å². The van der Waals surface area contributed by atoms with Crippen molar-refractivity contribution in [2.24, 2.45) is 0 Å². The largest absolute Gasteiger partial charge is 0.313 e. The van der Waals surface area contributed by atoms with E-state index >= 15 is 0 Å². The maximum absolute atomic E-state index is 5.86. The number of halogens is 1. The van der Waals surface area contributed by atoms with Crippen LogP contribution in [0.4, 0.5) is 0 Å². The Morgan fingerprint density at radius 1 is 1.31 bits per heavy atom. The smallest absolute Gasteiger partial charge is 0.0695 e. The third-order valence-electron chi connectivity index (χ3n) is 2.42. The Balaban J connectivity index is 2.26. The molecular formula is C12H14ClN3. The van der Waals surface area contributed by atoms with Crippen molar-refractivity contribution in [3.05, 3.63) is 41.0 Å². The molecular weight excluding hydrogens is 222 g/mol. The highest BCUT2D eigenvalue weighted by Gasteiger charge is 2.06. The Morgan fingerprint density at radius 2 is 2.06 bits per heavy atom. The van der Waals surface area contributed by atoms with Gasteiger partial charge in [-0.05, 0) is 24.2 Å². The molecule has 0 aliphatic rings. The second-order valence-corrected chi connectivity index (χ2v) is 3.99. The van der Waals surface area contributed by atoms with Gasteiger partial charge in [0.25, 0.3) is 0 Å². The van der Waals surface area contributed by atoms with E-state index in [1.54, 1.807) is 0 Å². The summed E-state index contributed by atoms with van der Waals surface area (Å²) in [6.45, 7) is 3.86. The van der Waals surface area contributed by atoms with Gasteiger partial charge >= 0.3 is 0 Å². The standard InChI is InChI=1S/C12H14ClN3/c1-2-14-7-10-8-15-16-12(10)9-3-5-11(13)6-4-9/h3-6,8,14H,2,7H2,1H3,(H,15,16). The molecule has 0 aliphatic carbocycles. The molecule has 1 aromatic carbocycles. The van der Waals surface area contributed by atoms with E-state index in [0.717, 1.165) is 29.4 Å². The zero-order valence-corrected chi connectivity index (χ0v) is 9.88. The van der Waals surface area contributed by atoms with Crippen LogP contribution in [0.5, 0.6) is 0 Å². The summed E-state index contributed by atoms with van der Waals surface area (Å²) >= 11 is 5.86. The highest BCUT2D eigenvalue weighted by molar-refractivity contribution is 6.30. The first-order valence-electron chi connectivity index (χ1n) is 5.30. The van der Waals surface area contributed by atoms with Gasteiger partial charge in [-0.25, -0.2) is 0 Å². The first-order chi connectivity index (χ1) is 7.81. The topological polar surface area (TPSA) is 40.7 Å². The minimum Gasteiger partial charge on any atom is -0.313 e. The van der Waals surface area contributed by atoms with Crippen LogP contribution in [-0.4, -0.2) is 16.7 Å². The van der Waals surface area contributed by atoms with Crippen molar-refractivity contribution in [3.63, 3.8) is 0 Å². The van der Waals surface area contributed by atoms with E-state index in [2.05, 4.69) is 22.4 Å². The van der Waals surface area contributed by atoms with E-state index in [0.29, 0.717) is 0 Å². The number of hydrogen-bond donors (Lipinski definition) is 2. The molecule has 3 nitrogen and oxygen atoms in total. The minimum absolute atomic E-state index is 0.747. The lowest BCUT2D eigenvalue weighted by Crippen LogP contribution is -2.11. The van der Waals surface area contributed by atoms with Gasteiger partial charge < -0.3 is 5.32 Å². The molecule has 16 heavy (non-hydrogen) atoms. The van der Waals surface area contributed by atoms with Crippen LogP contribution in [0.1, 0.15) is 12.5 Å². The summed E-state index contributed by atoms with van der Waals surface area (Å²) in [6.07, 6.45) is 1.85. The number of hydrogen-bond acceptors (Lipinski definition) is 2. The molecule has 0 saturated heterocycles. The average Bonchev–Trinajstić information content (AvgIpc) is 2.75. The molecule has 0 spiro atoms. The molecule has 1 heterocycles. The fourth-order valence-electron chi connectivity index (χ4n) is 1.57. The van der Waals surface area contributed by atoms with Gasteiger partial charge in [-0.3, -0.25) is 5.10 Å². The average molecular weight is 236 g/mol. The zero-order chi connectivity index (χ0) is 11.4. The summed E-state index contributed by atoms with van der Waals surface area (Å²) in [5.74, 6) is 0. The molecule has 84 valence electrons. The van der Waals surface area contributed by atoms with Crippen molar-refractivity contribution in [2.45, 2.75) is 13.5 Å². The van der Waals surface area contributed by atoms with E-state index in [9.17, 15) is 0 Å². The highest BCUT2D eigenvalue weighted by Crippen LogP contribution is 2.22. The summed E-state index contributed by atoms with van der Waals surface area (Å²) < 4.78 is 0. The Labute approximate surface area is 99.8 Å².